The van der Waals surface area contributed by atoms with E-state index in [0.717, 1.165) is 5.56 Å². The third-order valence-corrected chi connectivity index (χ3v) is 1.92. The molecule has 13 heavy (non-hydrogen) atoms. The number of aliphatic hydroxyl groups excluding tert-OH is 1. The van der Waals surface area contributed by atoms with Crippen LogP contribution in [-0.2, 0) is 0 Å². The van der Waals surface area contributed by atoms with Gasteiger partial charge in [0, 0.05) is 0 Å². The van der Waals surface area contributed by atoms with Gasteiger partial charge in [-0.25, -0.2) is 0 Å². The first-order valence-electron chi connectivity index (χ1n) is 4.09. The fourth-order valence-corrected chi connectivity index (χ4v) is 1.09. The Morgan fingerprint density at radius 1 is 1.54 bits per heavy atom. The zero-order valence-electron chi connectivity index (χ0n) is 7.44. The molecule has 0 aliphatic carbocycles. The normalized spacial score (nSPS) is 14.6. The quantitative estimate of drug-likeness (QED) is 0.704. The molecule has 1 aromatic rings. The Hall–Kier alpha value is -1.37. The van der Waals surface area contributed by atoms with Crippen molar-refractivity contribution in [1.29, 1.82) is 5.26 Å². The summed E-state index contributed by atoms with van der Waals surface area (Å²) >= 11 is 0. The fraction of sp³-hybridized carbons (Fsp3) is 0.300. The van der Waals surface area contributed by atoms with Crippen molar-refractivity contribution >= 4 is 0 Å². The lowest BCUT2D eigenvalue weighted by molar-refractivity contribution is 0.164. The number of rotatable bonds is 2. The van der Waals surface area contributed by atoms with E-state index in [1.807, 2.05) is 6.07 Å². The second kappa shape index (κ2) is 4.04. The highest BCUT2D eigenvalue weighted by atomic mass is 16.3. The first kappa shape index (κ1) is 9.72. The average molecular weight is 176 g/mol. The van der Waals surface area contributed by atoms with Gasteiger partial charge >= 0.3 is 0 Å². The Morgan fingerprint density at radius 3 is 2.77 bits per heavy atom. The van der Waals surface area contributed by atoms with Crippen LogP contribution in [0.1, 0.15) is 24.1 Å². The number of nitriles is 1. The van der Waals surface area contributed by atoms with E-state index in [4.69, 9.17) is 11.0 Å². The highest BCUT2D eigenvalue weighted by molar-refractivity contribution is 5.34. The summed E-state index contributed by atoms with van der Waals surface area (Å²) in [6.07, 6.45) is -0.603. The van der Waals surface area contributed by atoms with E-state index in [1.54, 1.807) is 31.2 Å². The predicted molar refractivity (Wildman–Crippen MR) is 49.8 cm³/mol. The standard InChI is InChI=1S/C10H12N2O/c1-7(13)10(12)9-4-2-3-8(5-9)6-11/h2-5,7,10,13H,12H2,1H3/t7?,10-/m1/s1. The number of nitrogens with two attached hydrogens (primary N) is 1. The summed E-state index contributed by atoms with van der Waals surface area (Å²) < 4.78 is 0. The van der Waals surface area contributed by atoms with Crippen LogP contribution >= 0.6 is 0 Å². The van der Waals surface area contributed by atoms with Gasteiger partial charge in [-0.15, -0.1) is 0 Å². The summed E-state index contributed by atoms with van der Waals surface area (Å²) in [5.41, 5.74) is 7.05. The van der Waals surface area contributed by atoms with Gasteiger partial charge in [0.1, 0.15) is 0 Å². The van der Waals surface area contributed by atoms with Gasteiger partial charge in [0.25, 0.3) is 0 Å². The van der Waals surface area contributed by atoms with E-state index in [9.17, 15) is 5.11 Å². The van der Waals surface area contributed by atoms with E-state index >= 15 is 0 Å². The molecule has 0 amide bonds. The number of benzene rings is 1. The molecule has 3 heteroatoms. The second-order valence-corrected chi connectivity index (χ2v) is 3.00. The molecule has 0 aromatic heterocycles. The van der Waals surface area contributed by atoms with E-state index < -0.39 is 12.1 Å². The summed E-state index contributed by atoms with van der Waals surface area (Å²) in [4.78, 5) is 0. The van der Waals surface area contributed by atoms with Crippen LogP contribution in [0.3, 0.4) is 0 Å². The van der Waals surface area contributed by atoms with Crippen LogP contribution in [0.25, 0.3) is 0 Å². The monoisotopic (exact) mass is 176 g/mol. The number of hydrogen-bond acceptors (Lipinski definition) is 3. The molecular formula is C10H12N2O. The Labute approximate surface area is 77.4 Å². The van der Waals surface area contributed by atoms with Crippen molar-refractivity contribution in [2.24, 2.45) is 5.73 Å². The van der Waals surface area contributed by atoms with Crippen molar-refractivity contribution in [2.45, 2.75) is 19.1 Å². The highest BCUT2D eigenvalue weighted by Gasteiger charge is 2.11. The third-order valence-electron chi connectivity index (χ3n) is 1.92. The minimum atomic E-state index is -0.603. The van der Waals surface area contributed by atoms with Gasteiger partial charge in [0.05, 0.1) is 23.8 Å². The van der Waals surface area contributed by atoms with Crippen LogP contribution in [0.4, 0.5) is 0 Å². The smallest absolute Gasteiger partial charge is 0.0991 e. The SMILES string of the molecule is CC(O)[C@@H](N)c1cccc(C#N)c1. The molecule has 1 rings (SSSR count). The molecule has 0 bridgehead atoms. The van der Waals surface area contributed by atoms with Crippen molar-refractivity contribution in [1.82, 2.24) is 0 Å². The van der Waals surface area contributed by atoms with Crippen LogP contribution in [0.5, 0.6) is 0 Å². The molecular weight excluding hydrogens is 164 g/mol. The first-order chi connectivity index (χ1) is 6.15. The van der Waals surface area contributed by atoms with Gasteiger partial charge in [-0.2, -0.15) is 5.26 Å². The Bertz CT molecular complexity index is 328. The van der Waals surface area contributed by atoms with Gasteiger partial charge in [-0.3, -0.25) is 0 Å². The molecule has 0 fully saturated rings. The van der Waals surface area contributed by atoms with Gasteiger partial charge in [0.2, 0.25) is 0 Å². The van der Waals surface area contributed by atoms with Gasteiger partial charge in [0.15, 0.2) is 0 Å². The molecule has 3 N–H and O–H groups in total. The molecule has 68 valence electrons. The van der Waals surface area contributed by atoms with E-state index in [0.29, 0.717) is 5.56 Å². The molecule has 3 nitrogen and oxygen atoms in total. The molecule has 1 unspecified atom stereocenters. The second-order valence-electron chi connectivity index (χ2n) is 3.00. The van der Waals surface area contributed by atoms with E-state index in [-0.39, 0.29) is 0 Å². The van der Waals surface area contributed by atoms with Crippen LogP contribution in [0.15, 0.2) is 24.3 Å². The first-order valence-corrected chi connectivity index (χ1v) is 4.09. The maximum absolute atomic E-state index is 9.23. The fourth-order valence-electron chi connectivity index (χ4n) is 1.09. The van der Waals surface area contributed by atoms with Gasteiger partial charge in [-0.1, -0.05) is 12.1 Å². The lowest BCUT2D eigenvalue weighted by Crippen LogP contribution is -2.23. The van der Waals surface area contributed by atoms with Crippen molar-refractivity contribution in [2.75, 3.05) is 0 Å². The van der Waals surface area contributed by atoms with Crippen LogP contribution in [-0.4, -0.2) is 11.2 Å². The van der Waals surface area contributed by atoms with E-state index in [1.165, 1.54) is 0 Å². The Kier molecular flexibility index (Phi) is 3.02. The molecule has 0 spiro atoms. The lowest BCUT2D eigenvalue weighted by Gasteiger charge is -2.14. The average Bonchev–Trinajstić information content (AvgIpc) is 2.16. The van der Waals surface area contributed by atoms with Crippen LogP contribution in [0.2, 0.25) is 0 Å². The van der Waals surface area contributed by atoms with Crippen molar-refractivity contribution in [3.05, 3.63) is 35.4 Å². The maximum atomic E-state index is 9.23. The molecule has 2 atom stereocenters. The summed E-state index contributed by atoms with van der Waals surface area (Å²) in [5, 5.41) is 17.9. The molecule has 0 saturated heterocycles. The van der Waals surface area contributed by atoms with Gasteiger partial charge in [-0.05, 0) is 24.6 Å². The summed E-state index contributed by atoms with van der Waals surface area (Å²) in [7, 11) is 0. The number of nitrogens with zero attached hydrogens (tertiary/aromatic N) is 1. The zero-order chi connectivity index (χ0) is 9.84. The van der Waals surface area contributed by atoms with E-state index in [2.05, 4.69) is 0 Å². The summed E-state index contributed by atoms with van der Waals surface area (Å²) in [6.45, 7) is 1.63. The van der Waals surface area contributed by atoms with Crippen molar-refractivity contribution in [3.8, 4) is 6.07 Å². The van der Waals surface area contributed by atoms with Crippen molar-refractivity contribution in [3.63, 3.8) is 0 Å². The van der Waals surface area contributed by atoms with Gasteiger partial charge < -0.3 is 10.8 Å². The highest BCUT2D eigenvalue weighted by Crippen LogP contribution is 2.14. The third kappa shape index (κ3) is 2.28. The molecule has 0 heterocycles. The minimum absolute atomic E-state index is 0.423. The summed E-state index contributed by atoms with van der Waals surface area (Å²) in [6, 6.07) is 8.56. The topological polar surface area (TPSA) is 70.0 Å². The minimum Gasteiger partial charge on any atom is -0.391 e. The zero-order valence-corrected chi connectivity index (χ0v) is 7.44. The Morgan fingerprint density at radius 2 is 2.23 bits per heavy atom. The Balaban J connectivity index is 2.96. The maximum Gasteiger partial charge on any atom is 0.0991 e. The molecule has 0 aliphatic rings. The molecule has 1 aromatic carbocycles. The number of aliphatic hydroxyl groups is 1. The van der Waals surface area contributed by atoms with Crippen molar-refractivity contribution < 1.29 is 5.11 Å². The number of hydrogen-bond donors (Lipinski definition) is 2. The molecule has 0 aliphatic heterocycles. The van der Waals surface area contributed by atoms with Crippen LogP contribution < -0.4 is 5.73 Å². The molecule has 0 radical (unpaired) electrons. The molecule has 0 saturated carbocycles. The largest absolute Gasteiger partial charge is 0.391 e. The van der Waals surface area contributed by atoms with Crippen LogP contribution in [0, 0.1) is 11.3 Å². The summed E-state index contributed by atoms with van der Waals surface area (Å²) in [5.74, 6) is 0. The predicted octanol–water partition coefficient (Wildman–Crippen LogP) is 0.939. The lowest BCUT2D eigenvalue weighted by atomic mass is 10.0.